The number of halogens is 2. The Morgan fingerprint density at radius 1 is 0.631 bits per heavy atom. The van der Waals surface area contributed by atoms with Gasteiger partial charge < -0.3 is 26.8 Å². The lowest BCUT2D eigenvalue weighted by Gasteiger charge is -2.11. The maximum Gasteiger partial charge on any atom is 0.362 e. The molecular weight excluding hydrogens is 833 g/mol. The minimum Gasteiger partial charge on any atom is -0.463 e. The van der Waals surface area contributed by atoms with Crippen LogP contribution in [0.25, 0.3) is 82.7 Å². The SMILES string of the molecule is O=C1CC=Cc2oc(=O)c3c(c21)c1c2occc2c(F)cc1n3Cc1ccc2c(c1)CN=C2.O=c1oc2ncccc2c2c3c4occc4c(F)cc3n(Cc3ccc4c(c3)CN=C4)c12. The van der Waals surface area contributed by atoms with Crippen LogP contribution in [0, 0.1) is 11.6 Å². The van der Waals surface area contributed by atoms with Crippen LogP contribution in [0.2, 0.25) is 0 Å². The highest BCUT2D eigenvalue weighted by Crippen LogP contribution is 2.41. The van der Waals surface area contributed by atoms with Crippen LogP contribution in [-0.4, -0.2) is 32.3 Å². The van der Waals surface area contributed by atoms with Crippen molar-refractivity contribution < 1.29 is 31.2 Å². The molecule has 14 rings (SSSR count). The summed E-state index contributed by atoms with van der Waals surface area (Å²) in [5, 5.41) is 3.69. The van der Waals surface area contributed by atoms with Gasteiger partial charge in [0.2, 0.25) is 5.71 Å². The fourth-order valence-electron chi connectivity index (χ4n) is 9.85. The number of aromatic nitrogens is 3. The molecule has 3 aliphatic rings. The summed E-state index contributed by atoms with van der Waals surface area (Å²) in [5.74, 6) is -0.790. The van der Waals surface area contributed by atoms with Gasteiger partial charge in [0.05, 0.1) is 63.8 Å². The first-order valence-corrected chi connectivity index (χ1v) is 20.8. The highest BCUT2D eigenvalue weighted by molar-refractivity contribution is 6.27. The zero-order valence-electron chi connectivity index (χ0n) is 33.9. The Kier molecular flexibility index (Phi) is 7.84. The van der Waals surface area contributed by atoms with Crippen molar-refractivity contribution in [2.45, 2.75) is 32.6 Å². The molecule has 11 aromatic rings. The lowest BCUT2D eigenvalue weighted by atomic mass is 9.96. The van der Waals surface area contributed by atoms with Gasteiger partial charge in [-0.3, -0.25) is 14.8 Å². The minimum atomic E-state index is -0.580. The van der Waals surface area contributed by atoms with Crippen LogP contribution in [0.4, 0.5) is 8.78 Å². The molecule has 314 valence electrons. The Bertz CT molecular complexity index is 4160. The molecule has 0 spiro atoms. The zero-order valence-corrected chi connectivity index (χ0v) is 33.9. The van der Waals surface area contributed by atoms with E-state index in [1.807, 2.05) is 53.4 Å². The van der Waals surface area contributed by atoms with Gasteiger partial charge in [-0.2, -0.15) is 0 Å². The van der Waals surface area contributed by atoms with E-state index in [1.54, 1.807) is 41.1 Å². The van der Waals surface area contributed by atoms with E-state index in [0.29, 0.717) is 97.2 Å². The second-order valence-electron chi connectivity index (χ2n) is 16.4. The van der Waals surface area contributed by atoms with E-state index in [2.05, 4.69) is 21.0 Å². The molecule has 0 N–H and O–H groups in total. The third kappa shape index (κ3) is 5.46. The molecule has 0 radical (unpaired) electrons. The van der Waals surface area contributed by atoms with Gasteiger partial charge in [0.25, 0.3) is 0 Å². The molecule has 0 amide bonds. The van der Waals surface area contributed by atoms with E-state index in [-0.39, 0.29) is 29.2 Å². The Morgan fingerprint density at radius 3 is 1.85 bits per heavy atom. The molecule has 9 heterocycles. The first-order chi connectivity index (χ1) is 31.8. The number of furan rings is 2. The summed E-state index contributed by atoms with van der Waals surface area (Å²) in [7, 11) is 0. The third-order valence-electron chi connectivity index (χ3n) is 12.7. The predicted molar refractivity (Wildman–Crippen MR) is 242 cm³/mol. The summed E-state index contributed by atoms with van der Waals surface area (Å²) in [6, 6.07) is 21.7. The van der Waals surface area contributed by atoms with Crippen LogP contribution in [-0.2, 0) is 26.2 Å². The van der Waals surface area contributed by atoms with Crippen LogP contribution < -0.4 is 11.3 Å². The molecule has 1 aliphatic carbocycles. The normalized spacial score (nSPS) is 13.9. The number of ketones is 1. The van der Waals surface area contributed by atoms with Gasteiger partial charge in [-0.05, 0) is 75.9 Å². The second-order valence-corrected chi connectivity index (χ2v) is 16.4. The molecule has 0 fully saturated rings. The molecular formula is C51H29F2N5O7. The summed E-state index contributed by atoms with van der Waals surface area (Å²) in [4.78, 5) is 52.1. The number of nitrogens with zero attached hydrogens (tertiary/aromatic N) is 5. The van der Waals surface area contributed by atoms with Gasteiger partial charge in [0.1, 0.15) is 39.6 Å². The maximum absolute atomic E-state index is 15.0. The van der Waals surface area contributed by atoms with Crippen molar-refractivity contribution in [1.29, 1.82) is 0 Å². The Balaban J connectivity index is 0.000000130. The smallest absolute Gasteiger partial charge is 0.362 e. The second kappa shape index (κ2) is 13.7. The highest BCUT2D eigenvalue weighted by atomic mass is 19.1. The monoisotopic (exact) mass is 861 g/mol. The Hall–Kier alpha value is -8.52. The van der Waals surface area contributed by atoms with Gasteiger partial charge in [-0.25, -0.2) is 23.4 Å². The van der Waals surface area contributed by atoms with Crippen molar-refractivity contribution in [2.75, 3.05) is 0 Å². The molecule has 0 saturated carbocycles. The van der Waals surface area contributed by atoms with Crippen molar-refractivity contribution in [3.05, 3.63) is 175 Å². The number of allylic oxidation sites excluding steroid dienone is 1. The van der Waals surface area contributed by atoms with Crippen LogP contribution in [0.3, 0.4) is 0 Å². The average Bonchev–Trinajstić information content (AvgIpc) is 4.17. The maximum atomic E-state index is 15.0. The number of carbonyl (C=O) groups is 1. The van der Waals surface area contributed by atoms with E-state index >= 15 is 4.39 Å². The topological polar surface area (TPSA) is 151 Å². The number of Topliss-reactive ketones (excluding diaryl/α,β-unsaturated/α-hetero) is 1. The minimum absolute atomic E-state index is 0.154. The lowest BCUT2D eigenvalue weighted by Crippen LogP contribution is -2.14. The Labute approximate surface area is 362 Å². The van der Waals surface area contributed by atoms with Crippen LogP contribution in [0.15, 0.2) is 135 Å². The number of aliphatic imine (C=N–C) groups is 2. The van der Waals surface area contributed by atoms with Crippen LogP contribution in [0.5, 0.6) is 0 Å². The number of carbonyl (C=O) groups excluding carboxylic acids is 1. The average molecular weight is 862 g/mol. The van der Waals surface area contributed by atoms with Crippen molar-refractivity contribution in [2.24, 2.45) is 9.98 Å². The standard InChI is InChI=1S/C26H15FN2O4.C25H14FN3O3/c27-17-9-18-21(25-16(17)6-7-32-25)23-22-19(30)2-1-3-20(22)33-26(31)24(23)29(18)12-13-4-5-14-10-28-11-15(14)8-13;26-18-9-19-21(23-16(18)5-7-31-23)20-17-2-1-6-28-24(17)32-25(30)22(20)29(19)12-13-3-4-14-10-27-11-15(14)8-13/h1,3-10H,2,11-12H2;1-10H,11-12H2. The molecule has 0 unspecified atom stereocenters. The molecule has 14 heteroatoms. The molecule has 2 aliphatic heterocycles. The van der Waals surface area contributed by atoms with Crippen molar-refractivity contribution in [1.82, 2.24) is 14.1 Å². The first-order valence-electron chi connectivity index (χ1n) is 20.8. The molecule has 7 aromatic heterocycles. The number of pyridine rings is 1. The number of hydrogen-bond acceptors (Lipinski definition) is 10. The van der Waals surface area contributed by atoms with Crippen molar-refractivity contribution in [3.8, 4) is 0 Å². The van der Waals surface area contributed by atoms with Gasteiger partial charge in [-0.15, -0.1) is 0 Å². The fraction of sp³-hybridized carbons (Fsp3) is 0.0980. The fourth-order valence-corrected chi connectivity index (χ4v) is 9.85. The third-order valence-corrected chi connectivity index (χ3v) is 12.7. The molecule has 12 nitrogen and oxygen atoms in total. The van der Waals surface area contributed by atoms with Gasteiger partial charge in [0.15, 0.2) is 5.78 Å². The molecule has 65 heavy (non-hydrogen) atoms. The van der Waals surface area contributed by atoms with E-state index in [9.17, 15) is 18.8 Å². The largest absolute Gasteiger partial charge is 0.463 e. The summed E-state index contributed by atoms with van der Waals surface area (Å²) in [5.41, 5.74) is 8.13. The van der Waals surface area contributed by atoms with Gasteiger partial charge in [0, 0.05) is 54.3 Å². The highest BCUT2D eigenvalue weighted by Gasteiger charge is 2.30. The van der Waals surface area contributed by atoms with Crippen LogP contribution in [0.1, 0.15) is 55.9 Å². The number of rotatable bonds is 4. The number of benzene rings is 4. The van der Waals surface area contributed by atoms with Gasteiger partial charge >= 0.3 is 11.3 Å². The summed E-state index contributed by atoms with van der Waals surface area (Å²) in [6.07, 6.45) is 11.7. The molecule has 0 saturated heterocycles. The lowest BCUT2D eigenvalue weighted by molar-refractivity contribution is 0.0993. The van der Waals surface area contributed by atoms with Gasteiger partial charge in [-0.1, -0.05) is 42.5 Å². The number of fused-ring (bicyclic) bond motifs is 16. The van der Waals surface area contributed by atoms with Crippen molar-refractivity contribution >= 4 is 101 Å². The Morgan fingerprint density at radius 2 is 1.22 bits per heavy atom. The van der Waals surface area contributed by atoms with E-state index in [4.69, 9.17) is 17.7 Å². The molecule has 4 aromatic carbocycles. The summed E-state index contributed by atoms with van der Waals surface area (Å²) >= 11 is 0. The quantitative estimate of drug-likeness (QED) is 0.170. The molecule has 0 bridgehead atoms. The first kappa shape index (κ1) is 37.1. The summed E-state index contributed by atoms with van der Waals surface area (Å²) in [6.45, 7) is 1.91. The molecule has 0 atom stereocenters. The van der Waals surface area contributed by atoms with Crippen molar-refractivity contribution in [3.63, 3.8) is 0 Å². The van der Waals surface area contributed by atoms with E-state index < -0.39 is 22.9 Å². The van der Waals surface area contributed by atoms with Crippen LogP contribution >= 0.6 is 0 Å². The summed E-state index contributed by atoms with van der Waals surface area (Å²) < 4.78 is 56.0. The zero-order chi connectivity index (χ0) is 43.7. The predicted octanol–water partition coefficient (Wildman–Crippen LogP) is 10.4. The van der Waals surface area contributed by atoms with E-state index in [0.717, 1.165) is 33.4 Å². The van der Waals surface area contributed by atoms with E-state index in [1.165, 1.54) is 24.7 Å². The number of hydrogen-bond donors (Lipinski definition) is 0.